The lowest BCUT2D eigenvalue weighted by Gasteiger charge is -2.11. The molecule has 1 heterocycles. The van der Waals surface area contributed by atoms with Crippen molar-refractivity contribution in [1.82, 2.24) is 10.9 Å². The Balaban J connectivity index is 1.62. The van der Waals surface area contributed by atoms with Crippen molar-refractivity contribution in [2.45, 2.75) is 18.5 Å². The first-order chi connectivity index (χ1) is 10.6. The number of carbonyl (C=O) groups excluding carboxylic acids is 1. The molecule has 2 aromatic rings. The van der Waals surface area contributed by atoms with Gasteiger partial charge < -0.3 is 5.32 Å². The molecular weight excluding hydrogens is 366 g/mol. The molecule has 2 aromatic carbocycles. The minimum Gasteiger partial charge on any atom is -0.325 e. The van der Waals surface area contributed by atoms with Gasteiger partial charge in [0.25, 0.3) is 0 Å². The predicted molar refractivity (Wildman–Crippen MR) is 91.6 cm³/mol. The van der Waals surface area contributed by atoms with Gasteiger partial charge in [0.1, 0.15) is 6.04 Å². The number of anilines is 1. The van der Waals surface area contributed by atoms with Crippen LogP contribution in [0.4, 0.5) is 5.69 Å². The summed E-state index contributed by atoms with van der Waals surface area (Å²) >= 11 is 9.34. The largest absolute Gasteiger partial charge is 0.325 e. The molecule has 0 aromatic heterocycles. The lowest BCUT2D eigenvalue weighted by Crippen LogP contribution is -2.39. The van der Waals surface area contributed by atoms with E-state index >= 15 is 0 Å². The number of rotatable bonds is 3. The predicted octanol–water partition coefficient (Wildman–Crippen LogP) is 3.65. The van der Waals surface area contributed by atoms with Crippen LogP contribution >= 0.6 is 27.5 Å². The Morgan fingerprint density at radius 3 is 2.68 bits per heavy atom. The Hall–Kier alpha value is -1.40. The van der Waals surface area contributed by atoms with Crippen LogP contribution in [-0.2, 0) is 4.79 Å². The highest BCUT2D eigenvalue weighted by Crippen LogP contribution is 2.24. The number of halogens is 2. The molecule has 1 aliphatic heterocycles. The molecule has 3 rings (SSSR count). The highest BCUT2D eigenvalue weighted by molar-refractivity contribution is 9.10. The number of nitrogens with one attached hydrogen (secondary N) is 3. The van der Waals surface area contributed by atoms with Gasteiger partial charge in [-0.1, -0.05) is 45.7 Å². The van der Waals surface area contributed by atoms with Crippen molar-refractivity contribution in [3.63, 3.8) is 0 Å². The van der Waals surface area contributed by atoms with Gasteiger partial charge in [-0.05, 0) is 42.3 Å². The first-order valence-corrected chi connectivity index (χ1v) is 8.12. The Morgan fingerprint density at radius 1 is 1.18 bits per heavy atom. The molecule has 0 aliphatic carbocycles. The number of hydrazine groups is 1. The summed E-state index contributed by atoms with van der Waals surface area (Å²) in [5.41, 5.74) is 8.06. The molecule has 6 heteroatoms. The molecule has 0 radical (unpaired) electrons. The van der Waals surface area contributed by atoms with Crippen molar-refractivity contribution in [2.24, 2.45) is 0 Å². The van der Waals surface area contributed by atoms with Crippen molar-refractivity contribution in [2.75, 3.05) is 5.32 Å². The summed E-state index contributed by atoms with van der Waals surface area (Å²) in [7, 11) is 0. The Labute approximate surface area is 142 Å². The van der Waals surface area contributed by atoms with Crippen LogP contribution < -0.4 is 16.2 Å². The van der Waals surface area contributed by atoms with E-state index in [1.807, 2.05) is 36.4 Å². The van der Waals surface area contributed by atoms with Gasteiger partial charge in [0.15, 0.2) is 0 Å². The number of hydrogen-bond acceptors (Lipinski definition) is 3. The van der Waals surface area contributed by atoms with E-state index in [-0.39, 0.29) is 18.0 Å². The summed E-state index contributed by atoms with van der Waals surface area (Å²) in [4.78, 5) is 12.3. The van der Waals surface area contributed by atoms with Gasteiger partial charge >= 0.3 is 0 Å². The maximum Gasteiger partial charge on any atom is 0.242 e. The second kappa shape index (κ2) is 6.79. The van der Waals surface area contributed by atoms with E-state index in [1.54, 1.807) is 12.1 Å². The average Bonchev–Trinajstić information content (AvgIpc) is 2.98. The molecule has 114 valence electrons. The monoisotopic (exact) mass is 379 g/mol. The van der Waals surface area contributed by atoms with Crippen LogP contribution in [0, 0.1) is 0 Å². The zero-order valence-corrected chi connectivity index (χ0v) is 14.0. The van der Waals surface area contributed by atoms with Crippen molar-refractivity contribution < 1.29 is 4.79 Å². The van der Waals surface area contributed by atoms with Gasteiger partial charge in [-0.15, -0.1) is 0 Å². The van der Waals surface area contributed by atoms with Crippen LogP contribution in [-0.4, -0.2) is 11.9 Å². The molecule has 1 aliphatic rings. The Bertz CT molecular complexity index is 677. The number of hydrogen-bond donors (Lipinski definition) is 3. The minimum atomic E-state index is -0.285. The molecule has 2 unspecified atom stereocenters. The fourth-order valence-electron chi connectivity index (χ4n) is 2.44. The standard InChI is InChI=1S/C16H15BrClN3O/c17-11-6-4-10(5-7-11)14-9-15(21-20-14)16(22)19-13-3-1-2-12(18)8-13/h1-8,14-15,20-21H,9H2,(H,19,22). The van der Waals surface area contributed by atoms with Gasteiger partial charge in [-0.2, -0.15) is 0 Å². The van der Waals surface area contributed by atoms with Crippen molar-refractivity contribution >= 4 is 39.1 Å². The van der Waals surface area contributed by atoms with Crippen LogP contribution in [0.15, 0.2) is 53.0 Å². The first kappa shape index (κ1) is 15.5. The van der Waals surface area contributed by atoms with Crippen molar-refractivity contribution in [1.29, 1.82) is 0 Å². The lowest BCUT2D eigenvalue weighted by molar-refractivity contribution is -0.117. The van der Waals surface area contributed by atoms with Gasteiger partial charge in [0.2, 0.25) is 5.91 Å². The van der Waals surface area contributed by atoms with Gasteiger partial charge in [-0.25, -0.2) is 10.9 Å². The molecule has 0 spiro atoms. The zero-order chi connectivity index (χ0) is 15.5. The summed E-state index contributed by atoms with van der Waals surface area (Å²) in [6, 6.07) is 15.0. The molecule has 1 saturated heterocycles. The van der Waals surface area contributed by atoms with E-state index in [4.69, 9.17) is 11.6 Å². The highest BCUT2D eigenvalue weighted by atomic mass is 79.9. The summed E-state index contributed by atoms with van der Waals surface area (Å²) < 4.78 is 1.04. The second-order valence-electron chi connectivity index (χ2n) is 5.18. The first-order valence-electron chi connectivity index (χ1n) is 6.95. The van der Waals surface area contributed by atoms with Crippen molar-refractivity contribution in [3.05, 3.63) is 63.6 Å². The summed E-state index contributed by atoms with van der Waals surface area (Å²) in [6.07, 6.45) is 0.689. The zero-order valence-electron chi connectivity index (χ0n) is 11.6. The molecule has 4 nitrogen and oxygen atoms in total. The molecule has 2 atom stereocenters. The third kappa shape index (κ3) is 3.67. The number of amides is 1. The van der Waals surface area contributed by atoms with Crippen LogP contribution in [0.3, 0.4) is 0 Å². The molecular formula is C16H15BrClN3O. The molecule has 1 fully saturated rings. The third-order valence-corrected chi connectivity index (χ3v) is 4.35. The number of carbonyl (C=O) groups is 1. The molecule has 1 amide bonds. The van der Waals surface area contributed by atoms with Gasteiger partial charge in [0.05, 0.1) is 0 Å². The highest BCUT2D eigenvalue weighted by Gasteiger charge is 2.30. The maximum absolute atomic E-state index is 12.3. The smallest absolute Gasteiger partial charge is 0.242 e. The number of benzene rings is 2. The van der Waals surface area contributed by atoms with E-state index in [9.17, 15) is 4.79 Å². The lowest BCUT2D eigenvalue weighted by atomic mass is 10.0. The van der Waals surface area contributed by atoms with Crippen LogP contribution in [0.25, 0.3) is 0 Å². The minimum absolute atomic E-state index is 0.0746. The molecule has 0 bridgehead atoms. The maximum atomic E-state index is 12.3. The molecule has 0 saturated carbocycles. The SMILES string of the molecule is O=C(Nc1cccc(Cl)c1)C1CC(c2ccc(Br)cc2)NN1. The van der Waals surface area contributed by atoms with Gasteiger partial charge in [0, 0.05) is 21.2 Å². The van der Waals surface area contributed by atoms with Crippen molar-refractivity contribution in [3.8, 4) is 0 Å². The molecule has 3 N–H and O–H groups in total. The normalized spacial score (nSPS) is 20.8. The van der Waals surface area contributed by atoms with Crippen LogP contribution in [0.2, 0.25) is 5.02 Å². The van der Waals surface area contributed by atoms with E-state index in [1.165, 1.54) is 0 Å². The van der Waals surface area contributed by atoms with E-state index in [0.29, 0.717) is 17.1 Å². The summed E-state index contributed by atoms with van der Waals surface area (Å²) in [5.74, 6) is -0.0746. The van der Waals surface area contributed by atoms with E-state index < -0.39 is 0 Å². The quantitative estimate of drug-likeness (QED) is 0.762. The fourth-order valence-corrected chi connectivity index (χ4v) is 2.89. The fraction of sp³-hybridized carbons (Fsp3) is 0.188. The van der Waals surface area contributed by atoms with E-state index in [2.05, 4.69) is 32.1 Å². The average molecular weight is 381 g/mol. The van der Waals surface area contributed by atoms with E-state index in [0.717, 1.165) is 10.0 Å². The third-order valence-electron chi connectivity index (χ3n) is 3.58. The summed E-state index contributed by atoms with van der Waals surface area (Å²) in [5, 5.41) is 3.47. The Morgan fingerprint density at radius 2 is 1.95 bits per heavy atom. The topological polar surface area (TPSA) is 53.2 Å². The molecule has 22 heavy (non-hydrogen) atoms. The van der Waals surface area contributed by atoms with Crippen LogP contribution in [0.1, 0.15) is 18.0 Å². The van der Waals surface area contributed by atoms with Gasteiger partial charge in [-0.3, -0.25) is 4.79 Å². The van der Waals surface area contributed by atoms with Crippen LogP contribution in [0.5, 0.6) is 0 Å². The second-order valence-corrected chi connectivity index (χ2v) is 6.53. The Kier molecular flexibility index (Phi) is 4.78. The summed E-state index contributed by atoms with van der Waals surface area (Å²) in [6.45, 7) is 0.